The Morgan fingerprint density at radius 2 is 1.85 bits per heavy atom. The third-order valence-corrected chi connectivity index (χ3v) is 3.23. The average molecular weight is 221 g/mol. The second-order valence-corrected chi connectivity index (χ2v) is 5.39. The standard InChI is InChI=1S/C8H9ClO3S/c1-5-3-7(13(9,11)12)4-8(10)6(5)2/h3-4,10H,1-2H3. The van der Waals surface area contributed by atoms with Crippen LogP contribution in [-0.2, 0) is 9.05 Å². The van der Waals surface area contributed by atoms with Crippen LogP contribution in [0, 0.1) is 13.8 Å². The Bertz CT molecular complexity index is 414. The van der Waals surface area contributed by atoms with Crippen LogP contribution in [-0.4, -0.2) is 13.5 Å². The molecule has 5 heteroatoms. The lowest BCUT2D eigenvalue weighted by atomic mass is 10.1. The van der Waals surface area contributed by atoms with Crippen LogP contribution in [0.5, 0.6) is 5.75 Å². The topological polar surface area (TPSA) is 54.4 Å². The van der Waals surface area contributed by atoms with E-state index >= 15 is 0 Å². The first kappa shape index (κ1) is 10.3. The zero-order chi connectivity index (χ0) is 10.2. The predicted molar refractivity (Wildman–Crippen MR) is 50.6 cm³/mol. The van der Waals surface area contributed by atoms with Crippen LogP contribution in [0.15, 0.2) is 17.0 Å². The van der Waals surface area contributed by atoms with Gasteiger partial charge < -0.3 is 5.11 Å². The molecule has 0 unspecified atom stereocenters. The first-order valence-corrected chi connectivity index (χ1v) is 5.88. The summed E-state index contributed by atoms with van der Waals surface area (Å²) in [7, 11) is 1.36. The van der Waals surface area contributed by atoms with E-state index < -0.39 is 9.05 Å². The second kappa shape index (κ2) is 3.20. The van der Waals surface area contributed by atoms with Gasteiger partial charge in [-0.2, -0.15) is 0 Å². The van der Waals surface area contributed by atoms with Crippen molar-refractivity contribution in [2.75, 3.05) is 0 Å². The zero-order valence-corrected chi connectivity index (χ0v) is 8.78. The highest BCUT2D eigenvalue weighted by Gasteiger charge is 2.13. The Morgan fingerprint density at radius 1 is 1.31 bits per heavy atom. The van der Waals surface area contributed by atoms with Gasteiger partial charge in [0.05, 0.1) is 4.90 Å². The monoisotopic (exact) mass is 220 g/mol. The molecular formula is C8H9ClO3S. The molecule has 0 fully saturated rings. The van der Waals surface area contributed by atoms with E-state index in [1.54, 1.807) is 13.8 Å². The van der Waals surface area contributed by atoms with E-state index in [0.717, 1.165) is 6.07 Å². The summed E-state index contributed by atoms with van der Waals surface area (Å²) in [5.41, 5.74) is 1.35. The Kier molecular flexibility index (Phi) is 2.54. The summed E-state index contributed by atoms with van der Waals surface area (Å²) in [5.74, 6) is -0.0563. The lowest BCUT2D eigenvalue weighted by Gasteiger charge is -2.04. The van der Waals surface area contributed by atoms with E-state index in [4.69, 9.17) is 10.7 Å². The van der Waals surface area contributed by atoms with E-state index in [9.17, 15) is 13.5 Å². The van der Waals surface area contributed by atoms with Gasteiger partial charge in [-0.1, -0.05) is 0 Å². The molecule has 0 atom stereocenters. The van der Waals surface area contributed by atoms with E-state index in [-0.39, 0.29) is 10.6 Å². The van der Waals surface area contributed by atoms with E-state index in [0.29, 0.717) is 11.1 Å². The van der Waals surface area contributed by atoms with Crippen LogP contribution in [0.2, 0.25) is 0 Å². The first-order valence-electron chi connectivity index (χ1n) is 3.57. The summed E-state index contributed by atoms with van der Waals surface area (Å²) < 4.78 is 21.8. The van der Waals surface area contributed by atoms with Crippen molar-refractivity contribution in [2.45, 2.75) is 18.7 Å². The molecule has 0 aliphatic rings. The minimum atomic E-state index is -3.75. The molecule has 1 aromatic carbocycles. The second-order valence-electron chi connectivity index (χ2n) is 2.82. The van der Waals surface area contributed by atoms with E-state index in [1.165, 1.54) is 6.07 Å². The fourth-order valence-corrected chi connectivity index (χ4v) is 1.79. The van der Waals surface area contributed by atoms with Gasteiger partial charge in [0.1, 0.15) is 5.75 Å². The minimum Gasteiger partial charge on any atom is -0.508 e. The smallest absolute Gasteiger partial charge is 0.261 e. The normalized spacial score (nSPS) is 11.6. The van der Waals surface area contributed by atoms with Crippen LogP contribution < -0.4 is 0 Å². The highest BCUT2D eigenvalue weighted by molar-refractivity contribution is 8.13. The van der Waals surface area contributed by atoms with Gasteiger partial charge in [0.25, 0.3) is 9.05 Å². The lowest BCUT2D eigenvalue weighted by molar-refractivity contribution is 0.468. The van der Waals surface area contributed by atoms with Crippen LogP contribution in [0.4, 0.5) is 0 Å². The van der Waals surface area contributed by atoms with Crippen molar-refractivity contribution < 1.29 is 13.5 Å². The maximum Gasteiger partial charge on any atom is 0.261 e. The third-order valence-electron chi connectivity index (χ3n) is 1.89. The van der Waals surface area contributed by atoms with Gasteiger partial charge in [-0.15, -0.1) is 0 Å². The molecule has 13 heavy (non-hydrogen) atoms. The SMILES string of the molecule is Cc1cc(S(=O)(=O)Cl)cc(O)c1C. The molecule has 1 N–H and O–H groups in total. The van der Waals surface area contributed by atoms with Crippen LogP contribution in [0.3, 0.4) is 0 Å². The van der Waals surface area contributed by atoms with Gasteiger partial charge in [-0.25, -0.2) is 8.42 Å². The van der Waals surface area contributed by atoms with Crippen molar-refractivity contribution in [2.24, 2.45) is 0 Å². The maximum atomic E-state index is 10.9. The van der Waals surface area contributed by atoms with Crippen molar-refractivity contribution in [3.8, 4) is 5.75 Å². The van der Waals surface area contributed by atoms with Crippen LogP contribution >= 0.6 is 10.7 Å². The van der Waals surface area contributed by atoms with Crippen molar-refractivity contribution in [1.29, 1.82) is 0 Å². The summed E-state index contributed by atoms with van der Waals surface area (Å²) in [6.45, 7) is 3.41. The van der Waals surface area contributed by atoms with Gasteiger partial charge in [0.2, 0.25) is 0 Å². The molecule has 0 amide bonds. The number of halogens is 1. The Balaban J connectivity index is 3.47. The van der Waals surface area contributed by atoms with E-state index in [2.05, 4.69) is 0 Å². The van der Waals surface area contributed by atoms with E-state index in [1.807, 2.05) is 0 Å². The minimum absolute atomic E-state index is 0.0563. The molecule has 1 aromatic rings. The molecular weight excluding hydrogens is 212 g/mol. The fraction of sp³-hybridized carbons (Fsp3) is 0.250. The van der Waals surface area contributed by atoms with Gasteiger partial charge in [0.15, 0.2) is 0 Å². The molecule has 0 aliphatic carbocycles. The molecule has 0 radical (unpaired) electrons. The highest BCUT2D eigenvalue weighted by Crippen LogP contribution is 2.26. The molecule has 72 valence electrons. The highest BCUT2D eigenvalue weighted by atomic mass is 35.7. The van der Waals surface area contributed by atoms with Crippen molar-refractivity contribution in [1.82, 2.24) is 0 Å². The van der Waals surface area contributed by atoms with Crippen LogP contribution in [0.25, 0.3) is 0 Å². The quantitative estimate of drug-likeness (QED) is 0.736. The first-order chi connectivity index (χ1) is 5.82. The summed E-state index contributed by atoms with van der Waals surface area (Å²) in [6.07, 6.45) is 0. The zero-order valence-electron chi connectivity index (χ0n) is 7.20. The summed E-state index contributed by atoms with van der Waals surface area (Å²) in [5, 5.41) is 9.32. The molecule has 1 rings (SSSR count). The average Bonchev–Trinajstić information content (AvgIpc) is 1.97. The van der Waals surface area contributed by atoms with Gasteiger partial charge in [0, 0.05) is 16.7 Å². The number of rotatable bonds is 1. The summed E-state index contributed by atoms with van der Waals surface area (Å²) in [4.78, 5) is -0.0743. The summed E-state index contributed by atoms with van der Waals surface area (Å²) >= 11 is 0. The number of aryl methyl sites for hydroxylation is 1. The summed E-state index contributed by atoms with van der Waals surface area (Å²) in [6, 6.07) is 2.57. The molecule has 0 aromatic heterocycles. The molecule has 0 aliphatic heterocycles. The lowest BCUT2D eigenvalue weighted by Crippen LogP contribution is -1.93. The van der Waals surface area contributed by atoms with Crippen molar-refractivity contribution >= 4 is 19.7 Å². The Morgan fingerprint density at radius 3 is 2.23 bits per heavy atom. The third kappa shape index (κ3) is 2.14. The molecule has 0 saturated heterocycles. The fourth-order valence-electron chi connectivity index (χ4n) is 0.949. The number of phenolic OH excluding ortho intramolecular Hbond substituents is 1. The van der Waals surface area contributed by atoms with Gasteiger partial charge >= 0.3 is 0 Å². The number of aromatic hydroxyl groups is 1. The maximum absolute atomic E-state index is 10.9. The predicted octanol–water partition coefficient (Wildman–Crippen LogP) is 1.94. The Labute approximate surface area is 81.4 Å². The number of phenols is 1. The van der Waals surface area contributed by atoms with Crippen molar-refractivity contribution in [3.63, 3.8) is 0 Å². The molecule has 0 spiro atoms. The van der Waals surface area contributed by atoms with Gasteiger partial charge in [-0.05, 0) is 31.0 Å². The number of hydrogen-bond acceptors (Lipinski definition) is 3. The largest absolute Gasteiger partial charge is 0.508 e. The van der Waals surface area contributed by atoms with Crippen LogP contribution in [0.1, 0.15) is 11.1 Å². The number of hydrogen-bond donors (Lipinski definition) is 1. The van der Waals surface area contributed by atoms with Crippen molar-refractivity contribution in [3.05, 3.63) is 23.3 Å². The molecule has 0 heterocycles. The molecule has 0 bridgehead atoms. The van der Waals surface area contributed by atoms with Gasteiger partial charge in [-0.3, -0.25) is 0 Å². The molecule has 0 saturated carbocycles. The Hall–Kier alpha value is -0.740. The number of benzene rings is 1. The molecule has 3 nitrogen and oxygen atoms in total.